The average Bonchev–Trinajstić information content (AvgIpc) is 3.15. The molecule has 0 radical (unpaired) electrons. The number of para-hydroxylation sites is 1. The second-order valence-electron chi connectivity index (χ2n) is 6.58. The van der Waals surface area contributed by atoms with Gasteiger partial charge in [-0.15, -0.1) is 0 Å². The topological polar surface area (TPSA) is 42.4 Å². The average molecular weight is 284 g/mol. The molecule has 3 unspecified atom stereocenters. The van der Waals surface area contributed by atoms with Gasteiger partial charge < -0.3 is 10.2 Å². The van der Waals surface area contributed by atoms with E-state index < -0.39 is 0 Å². The van der Waals surface area contributed by atoms with Gasteiger partial charge in [-0.05, 0) is 44.2 Å². The molecule has 1 saturated heterocycles. The van der Waals surface area contributed by atoms with E-state index in [1.165, 1.54) is 49.6 Å². The molecule has 2 N–H and O–H groups in total. The van der Waals surface area contributed by atoms with Crippen molar-refractivity contribution in [2.75, 3.05) is 13.1 Å². The molecule has 0 amide bonds. The third-order valence-electron chi connectivity index (χ3n) is 5.53. The molecule has 2 aromatic rings. The summed E-state index contributed by atoms with van der Waals surface area (Å²) in [7, 11) is 0. The molecule has 4 rings (SSSR count). The first kappa shape index (κ1) is 13.4. The SMILES string of the molecule is NCC(c1coc2ccccc12)N1CCCC2CCCC21. The minimum absolute atomic E-state index is 0.305. The minimum Gasteiger partial charge on any atom is -0.464 e. The molecule has 21 heavy (non-hydrogen) atoms. The predicted molar refractivity (Wildman–Crippen MR) is 85.1 cm³/mol. The molecule has 2 fully saturated rings. The molecular weight excluding hydrogens is 260 g/mol. The van der Waals surface area contributed by atoms with E-state index in [0.29, 0.717) is 12.6 Å². The first-order valence-corrected chi connectivity index (χ1v) is 8.30. The summed E-state index contributed by atoms with van der Waals surface area (Å²) >= 11 is 0. The van der Waals surface area contributed by atoms with E-state index in [9.17, 15) is 0 Å². The maximum absolute atomic E-state index is 6.19. The van der Waals surface area contributed by atoms with Crippen molar-refractivity contribution in [1.82, 2.24) is 4.90 Å². The Bertz CT molecular complexity index is 620. The summed E-state index contributed by atoms with van der Waals surface area (Å²) in [5, 5.41) is 1.23. The Morgan fingerprint density at radius 1 is 1.19 bits per heavy atom. The van der Waals surface area contributed by atoms with Crippen LogP contribution in [0.2, 0.25) is 0 Å². The Hall–Kier alpha value is -1.32. The lowest BCUT2D eigenvalue weighted by Gasteiger charge is -2.42. The number of furan rings is 1. The predicted octanol–water partition coefficient (Wildman–Crippen LogP) is 3.70. The molecule has 3 nitrogen and oxygen atoms in total. The Kier molecular flexibility index (Phi) is 3.48. The van der Waals surface area contributed by atoms with Gasteiger partial charge >= 0.3 is 0 Å². The second kappa shape index (κ2) is 5.47. The van der Waals surface area contributed by atoms with Gasteiger partial charge in [0.2, 0.25) is 0 Å². The van der Waals surface area contributed by atoms with E-state index in [-0.39, 0.29) is 0 Å². The molecule has 0 spiro atoms. The van der Waals surface area contributed by atoms with Crippen molar-refractivity contribution in [2.24, 2.45) is 11.7 Å². The van der Waals surface area contributed by atoms with Crippen LogP contribution in [0.4, 0.5) is 0 Å². The summed E-state index contributed by atoms with van der Waals surface area (Å²) in [5.41, 5.74) is 8.44. The summed E-state index contributed by atoms with van der Waals surface area (Å²) in [6.45, 7) is 1.86. The zero-order valence-corrected chi connectivity index (χ0v) is 12.5. The lowest BCUT2D eigenvalue weighted by Crippen LogP contribution is -2.46. The molecule has 2 aliphatic rings. The van der Waals surface area contributed by atoms with E-state index in [2.05, 4.69) is 17.0 Å². The fourth-order valence-corrected chi connectivity index (χ4v) is 4.58. The number of hydrogen-bond donors (Lipinski definition) is 1. The molecule has 112 valence electrons. The quantitative estimate of drug-likeness (QED) is 0.934. The normalized spacial score (nSPS) is 27.9. The van der Waals surface area contributed by atoms with Gasteiger partial charge in [-0.2, -0.15) is 0 Å². The standard InChI is InChI=1S/C18H24N2O/c19-11-17(15-12-21-18-9-2-1-7-14(15)18)20-10-4-6-13-5-3-8-16(13)20/h1-2,7,9,12-13,16-17H,3-6,8,10-11,19H2. The van der Waals surface area contributed by atoms with Gasteiger partial charge in [0.15, 0.2) is 0 Å². The van der Waals surface area contributed by atoms with Gasteiger partial charge in [0.1, 0.15) is 5.58 Å². The molecule has 1 aromatic carbocycles. The highest BCUT2D eigenvalue weighted by Gasteiger charge is 2.38. The van der Waals surface area contributed by atoms with Crippen LogP contribution in [0.15, 0.2) is 34.9 Å². The highest BCUT2D eigenvalue weighted by atomic mass is 16.3. The Labute approximate surface area is 126 Å². The number of nitrogens with two attached hydrogens (primary N) is 1. The molecule has 3 heteroatoms. The van der Waals surface area contributed by atoms with Crippen LogP contribution in [-0.2, 0) is 0 Å². The van der Waals surface area contributed by atoms with E-state index in [4.69, 9.17) is 10.2 Å². The fourth-order valence-electron chi connectivity index (χ4n) is 4.58. The second-order valence-corrected chi connectivity index (χ2v) is 6.58. The highest BCUT2D eigenvalue weighted by molar-refractivity contribution is 5.81. The van der Waals surface area contributed by atoms with E-state index in [1.807, 2.05) is 18.4 Å². The Morgan fingerprint density at radius 2 is 2.05 bits per heavy atom. The maximum Gasteiger partial charge on any atom is 0.134 e. The monoisotopic (exact) mass is 284 g/mol. The van der Waals surface area contributed by atoms with Crippen LogP contribution in [0.5, 0.6) is 0 Å². The van der Waals surface area contributed by atoms with Crippen LogP contribution in [0.3, 0.4) is 0 Å². The van der Waals surface area contributed by atoms with Crippen LogP contribution in [-0.4, -0.2) is 24.0 Å². The van der Waals surface area contributed by atoms with Gasteiger partial charge in [-0.1, -0.05) is 24.6 Å². The third-order valence-corrected chi connectivity index (χ3v) is 5.53. The van der Waals surface area contributed by atoms with Gasteiger partial charge in [-0.25, -0.2) is 0 Å². The fraction of sp³-hybridized carbons (Fsp3) is 0.556. The van der Waals surface area contributed by atoms with Gasteiger partial charge in [0.25, 0.3) is 0 Å². The van der Waals surface area contributed by atoms with Crippen molar-refractivity contribution in [3.63, 3.8) is 0 Å². The first-order valence-electron chi connectivity index (χ1n) is 8.30. The summed E-state index contributed by atoms with van der Waals surface area (Å²) in [4.78, 5) is 2.68. The number of fused-ring (bicyclic) bond motifs is 2. The third kappa shape index (κ3) is 2.19. The molecule has 1 aliphatic heterocycles. The van der Waals surface area contributed by atoms with Crippen LogP contribution >= 0.6 is 0 Å². The van der Waals surface area contributed by atoms with E-state index >= 15 is 0 Å². The molecular formula is C18H24N2O. The van der Waals surface area contributed by atoms with Gasteiger partial charge in [0, 0.05) is 23.5 Å². The summed E-state index contributed by atoms with van der Waals surface area (Å²) < 4.78 is 5.75. The van der Waals surface area contributed by atoms with Crippen LogP contribution in [0.1, 0.15) is 43.7 Å². The van der Waals surface area contributed by atoms with Gasteiger partial charge in [-0.3, -0.25) is 4.90 Å². The number of piperidine rings is 1. The molecule has 1 aliphatic carbocycles. The summed E-state index contributed by atoms with van der Waals surface area (Å²) in [5.74, 6) is 0.894. The zero-order chi connectivity index (χ0) is 14.2. The van der Waals surface area contributed by atoms with Crippen LogP contribution < -0.4 is 5.73 Å². The minimum atomic E-state index is 0.305. The van der Waals surface area contributed by atoms with E-state index in [0.717, 1.165) is 17.5 Å². The lowest BCUT2D eigenvalue weighted by atomic mass is 9.89. The van der Waals surface area contributed by atoms with Crippen molar-refractivity contribution in [3.05, 3.63) is 36.1 Å². The summed E-state index contributed by atoms with van der Waals surface area (Å²) in [6.07, 6.45) is 8.79. The van der Waals surface area contributed by atoms with Gasteiger partial charge in [0.05, 0.1) is 12.3 Å². The van der Waals surface area contributed by atoms with Crippen molar-refractivity contribution < 1.29 is 4.42 Å². The Balaban J connectivity index is 1.70. The smallest absolute Gasteiger partial charge is 0.134 e. The molecule has 0 bridgehead atoms. The lowest BCUT2D eigenvalue weighted by molar-refractivity contribution is 0.0704. The van der Waals surface area contributed by atoms with Crippen molar-refractivity contribution in [2.45, 2.75) is 44.2 Å². The van der Waals surface area contributed by atoms with Crippen LogP contribution in [0, 0.1) is 5.92 Å². The van der Waals surface area contributed by atoms with E-state index in [1.54, 1.807) is 0 Å². The number of likely N-dealkylation sites (tertiary alicyclic amines) is 1. The first-order chi connectivity index (χ1) is 10.4. The molecule has 1 aromatic heterocycles. The number of rotatable bonds is 3. The number of benzene rings is 1. The Morgan fingerprint density at radius 3 is 2.95 bits per heavy atom. The summed E-state index contributed by atoms with van der Waals surface area (Å²) in [6, 6.07) is 9.36. The maximum atomic E-state index is 6.19. The van der Waals surface area contributed by atoms with Crippen molar-refractivity contribution in [1.29, 1.82) is 0 Å². The van der Waals surface area contributed by atoms with Crippen LogP contribution in [0.25, 0.3) is 11.0 Å². The van der Waals surface area contributed by atoms with Crippen molar-refractivity contribution >= 4 is 11.0 Å². The highest BCUT2D eigenvalue weighted by Crippen LogP contribution is 2.41. The molecule has 3 atom stereocenters. The van der Waals surface area contributed by atoms with Crippen molar-refractivity contribution in [3.8, 4) is 0 Å². The largest absolute Gasteiger partial charge is 0.464 e. The number of hydrogen-bond acceptors (Lipinski definition) is 3. The molecule has 2 heterocycles. The number of nitrogens with zero attached hydrogens (tertiary/aromatic N) is 1. The zero-order valence-electron chi connectivity index (χ0n) is 12.5. The molecule has 1 saturated carbocycles.